The van der Waals surface area contributed by atoms with Crippen LogP contribution in [0.4, 0.5) is 0 Å². The fourth-order valence-electron chi connectivity index (χ4n) is 2.10. The molecule has 1 aromatic heterocycles. The summed E-state index contributed by atoms with van der Waals surface area (Å²) >= 11 is 6.17. The molecule has 6 nitrogen and oxygen atoms in total. The highest BCUT2D eigenvalue weighted by Gasteiger charge is 2.18. The van der Waals surface area contributed by atoms with Crippen molar-refractivity contribution in [2.24, 2.45) is 0 Å². The van der Waals surface area contributed by atoms with Gasteiger partial charge in [0.2, 0.25) is 6.79 Å². The first-order chi connectivity index (χ1) is 10.1. The van der Waals surface area contributed by atoms with E-state index in [0.29, 0.717) is 35.7 Å². The molecule has 0 bridgehead atoms. The quantitative estimate of drug-likeness (QED) is 0.917. The van der Waals surface area contributed by atoms with Crippen molar-refractivity contribution in [3.05, 3.63) is 34.6 Å². The summed E-state index contributed by atoms with van der Waals surface area (Å²) in [4.78, 5) is 0. The summed E-state index contributed by atoms with van der Waals surface area (Å²) in [6.07, 6.45) is 1.92. The van der Waals surface area contributed by atoms with Gasteiger partial charge in [-0.05, 0) is 17.7 Å². The number of halogens is 1. The molecule has 112 valence electrons. The van der Waals surface area contributed by atoms with Gasteiger partial charge in [-0.3, -0.25) is 0 Å². The molecule has 0 unspecified atom stereocenters. The molecule has 1 aliphatic heterocycles. The lowest BCUT2D eigenvalue weighted by Gasteiger charge is -2.05. The first-order valence-electron chi connectivity index (χ1n) is 6.82. The normalized spacial score (nSPS) is 13.1. The maximum absolute atomic E-state index is 6.17. The molecule has 0 aliphatic carbocycles. The Balaban J connectivity index is 1.71. The smallest absolute Gasteiger partial charge is 0.231 e. The minimum Gasteiger partial charge on any atom is -0.454 e. The van der Waals surface area contributed by atoms with E-state index in [-0.39, 0.29) is 6.79 Å². The molecule has 0 saturated carbocycles. The van der Waals surface area contributed by atoms with E-state index in [4.69, 9.17) is 21.1 Å². The van der Waals surface area contributed by atoms with Crippen molar-refractivity contribution in [2.75, 3.05) is 6.79 Å². The number of fused-ring (bicyclic) bond motifs is 1. The summed E-state index contributed by atoms with van der Waals surface area (Å²) < 4.78 is 12.4. The van der Waals surface area contributed by atoms with Gasteiger partial charge in [0.05, 0.1) is 23.5 Å². The second kappa shape index (κ2) is 5.91. The molecule has 2 aromatic rings. The van der Waals surface area contributed by atoms with Gasteiger partial charge in [0.1, 0.15) is 0 Å². The van der Waals surface area contributed by atoms with Gasteiger partial charge in [-0.1, -0.05) is 30.7 Å². The number of ether oxygens (including phenoxy) is 2. The van der Waals surface area contributed by atoms with Gasteiger partial charge in [-0.25, -0.2) is 4.68 Å². The van der Waals surface area contributed by atoms with Crippen LogP contribution in [0.25, 0.3) is 0 Å². The molecule has 21 heavy (non-hydrogen) atoms. The Labute approximate surface area is 128 Å². The molecule has 2 heterocycles. The lowest BCUT2D eigenvalue weighted by molar-refractivity contribution is 0.174. The first kappa shape index (κ1) is 14.2. The van der Waals surface area contributed by atoms with Gasteiger partial charge < -0.3 is 14.8 Å². The molecule has 1 aliphatic rings. The molecule has 0 saturated heterocycles. The van der Waals surface area contributed by atoms with E-state index in [1.165, 1.54) is 0 Å². The zero-order valence-corrected chi connectivity index (χ0v) is 12.7. The molecule has 1 N–H and O–H groups in total. The average Bonchev–Trinajstić information content (AvgIpc) is 3.05. The van der Waals surface area contributed by atoms with Gasteiger partial charge in [0.15, 0.2) is 11.5 Å². The van der Waals surface area contributed by atoms with Crippen LogP contribution in [0.3, 0.4) is 0 Å². The number of nitrogens with zero attached hydrogens (tertiary/aromatic N) is 3. The Kier molecular flexibility index (Phi) is 3.98. The third-order valence-corrected chi connectivity index (χ3v) is 3.39. The Morgan fingerprint density at radius 2 is 2.24 bits per heavy atom. The zero-order chi connectivity index (χ0) is 14.8. The Hall–Kier alpha value is -1.79. The van der Waals surface area contributed by atoms with E-state index in [0.717, 1.165) is 11.3 Å². The minimum absolute atomic E-state index is 0.215. The summed E-state index contributed by atoms with van der Waals surface area (Å²) in [5.74, 6) is 1.29. The average molecular weight is 309 g/mol. The summed E-state index contributed by atoms with van der Waals surface area (Å²) in [6, 6.07) is 4.20. The highest BCUT2D eigenvalue weighted by atomic mass is 35.5. The topological polar surface area (TPSA) is 61.2 Å². The Morgan fingerprint density at radius 1 is 1.38 bits per heavy atom. The van der Waals surface area contributed by atoms with E-state index < -0.39 is 0 Å². The van der Waals surface area contributed by atoms with Gasteiger partial charge in [-0.15, -0.1) is 5.10 Å². The molecule has 0 atom stereocenters. The van der Waals surface area contributed by atoms with Crippen molar-refractivity contribution in [1.82, 2.24) is 20.3 Å². The van der Waals surface area contributed by atoms with Crippen LogP contribution in [-0.2, 0) is 13.1 Å². The Morgan fingerprint density at radius 3 is 3.05 bits per heavy atom. The van der Waals surface area contributed by atoms with Gasteiger partial charge in [0.25, 0.3) is 0 Å². The number of hydrogen-bond donors (Lipinski definition) is 1. The van der Waals surface area contributed by atoms with E-state index in [1.807, 2.05) is 18.3 Å². The van der Waals surface area contributed by atoms with Crippen LogP contribution in [-0.4, -0.2) is 27.8 Å². The molecule has 0 radical (unpaired) electrons. The van der Waals surface area contributed by atoms with E-state index in [1.54, 1.807) is 4.68 Å². The molecule has 0 spiro atoms. The summed E-state index contributed by atoms with van der Waals surface area (Å²) in [7, 11) is 0. The van der Waals surface area contributed by atoms with Crippen LogP contribution in [0.5, 0.6) is 11.5 Å². The van der Waals surface area contributed by atoms with Crippen LogP contribution < -0.4 is 14.8 Å². The van der Waals surface area contributed by atoms with Crippen molar-refractivity contribution in [3.63, 3.8) is 0 Å². The zero-order valence-electron chi connectivity index (χ0n) is 12.0. The van der Waals surface area contributed by atoms with Crippen LogP contribution in [0, 0.1) is 0 Å². The maximum Gasteiger partial charge on any atom is 0.231 e. The van der Waals surface area contributed by atoms with Gasteiger partial charge >= 0.3 is 0 Å². The van der Waals surface area contributed by atoms with E-state index >= 15 is 0 Å². The second-order valence-corrected chi connectivity index (χ2v) is 5.66. The highest BCUT2D eigenvalue weighted by Crippen LogP contribution is 2.39. The third kappa shape index (κ3) is 3.28. The van der Waals surface area contributed by atoms with Crippen molar-refractivity contribution < 1.29 is 9.47 Å². The summed E-state index contributed by atoms with van der Waals surface area (Å²) in [5.41, 5.74) is 1.91. The van der Waals surface area contributed by atoms with Crippen molar-refractivity contribution >= 4 is 11.6 Å². The standard InChI is InChI=1S/C14H17ClN4O2/c1-9(2)16-5-11-7-19(18-17-11)6-10-3-12(15)14-13(4-10)20-8-21-14/h3-4,7,9,16H,5-6,8H2,1-2H3. The Bertz CT molecular complexity index is 642. The lowest BCUT2D eigenvalue weighted by Crippen LogP contribution is -2.21. The predicted octanol–water partition coefficient (Wildman–Crippen LogP) is 2.21. The van der Waals surface area contributed by atoms with E-state index in [2.05, 4.69) is 29.5 Å². The maximum atomic E-state index is 6.17. The molecule has 3 rings (SSSR count). The van der Waals surface area contributed by atoms with Crippen LogP contribution in [0.1, 0.15) is 25.1 Å². The van der Waals surface area contributed by atoms with Crippen LogP contribution in [0.2, 0.25) is 5.02 Å². The van der Waals surface area contributed by atoms with Gasteiger partial charge in [0, 0.05) is 12.6 Å². The number of aromatic nitrogens is 3. The lowest BCUT2D eigenvalue weighted by atomic mass is 10.2. The van der Waals surface area contributed by atoms with Crippen molar-refractivity contribution in [3.8, 4) is 11.5 Å². The number of rotatable bonds is 5. The van der Waals surface area contributed by atoms with Gasteiger partial charge in [-0.2, -0.15) is 0 Å². The van der Waals surface area contributed by atoms with Crippen molar-refractivity contribution in [2.45, 2.75) is 33.0 Å². The number of nitrogens with one attached hydrogen (secondary N) is 1. The van der Waals surface area contributed by atoms with E-state index in [9.17, 15) is 0 Å². The fraction of sp³-hybridized carbons (Fsp3) is 0.429. The second-order valence-electron chi connectivity index (χ2n) is 5.25. The minimum atomic E-state index is 0.215. The largest absolute Gasteiger partial charge is 0.454 e. The molecule has 7 heteroatoms. The monoisotopic (exact) mass is 308 g/mol. The molecular weight excluding hydrogens is 292 g/mol. The van der Waals surface area contributed by atoms with Crippen molar-refractivity contribution in [1.29, 1.82) is 0 Å². The number of hydrogen-bond acceptors (Lipinski definition) is 5. The van der Waals surface area contributed by atoms with Crippen LogP contribution >= 0.6 is 11.6 Å². The molecule has 1 aromatic carbocycles. The summed E-state index contributed by atoms with van der Waals surface area (Å²) in [6.45, 7) is 5.70. The molecule has 0 fully saturated rings. The molecule has 0 amide bonds. The first-order valence-corrected chi connectivity index (χ1v) is 7.20. The SMILES string of the molecule is CC(C)NCc1cn(Cc2cc(Cl)c3c(c2)OCO3)nn1. The summed E-state index contributed by atoms with van der Waals surface area (Å²) in [5, 5.41) is 12.1. The third-order valence-electron chi connectivity index (χ3n) is 3.11. The molecular formula is C14H17ClN4O2. The highest BCUT2D eigenvalue weighted by molar-refractivity contribution is 6.32. The number of benzene rings is 1. The fourth-order valence-corrected chi connectivity index (χ4v) is 2.39. The predicted molar refractivity (Wildman–Crippen MR) is 78.7 cm³/mol. The van der Waals surface area contributed by atoms with Crippen LogP contribution in [0.15, 0.2) is 18.3 Å².